The highest BCUT2D eigenvalue weighted by Gasteiger charge is 2.51. The first-order valence-corrected chi connectivity index (χ1v) is 14.6. The minimum atomic E-state index is -3.37. The Kier molecular flexibility index (Phi) is 6.69. The Labute approximate surface area is 229 Å². The summed E-state index contributed by atoms with van der Waals surface area (Å²) in [4.78, 5) is 34.8. The number of nitrogens with zero attached hydrogens (tertiary/aromatic N) is 7. The van der Waals surface area contributed by atoms with E-state index in [-0.39, 0.29) is 41.3 Å². The number of nitrogens with one attached hydrogen (secondary N) is 1. The fourth-order valence-electron chi connectivity index (χ4n) is 5.15. The third-order valence-corrected chi connectivity index (χ3v) is 9.01. The summed E-state index contributed by atoms with van der Waals surface area (Å²) in [6, 6.07) is 0. The number of anilines is 2. The van der Waals surface area contributed by atoms with Crippen molar-refractivity contribution >= 4 is 51.2 Å². The predicted octanol–water partition coefficient (Wildman–Crippen LogP) is 0.584. The van der Waals surface area contributed by atoms with E-state index in [1.165, 1.54) is 28.1 Å². The number of alkyl halides is 2. The van der Waals surface area contributed by atoms with Crippen LogP contribution in [0.4, 0.5) is 20.5 Å². The summed E-state index contributed by atoms with van der Waals surface area (Å²) in [6.07, 6.45) is -5.85. The molecule has 0 saturated carbocycles. The van der Waals surface area contributed by atoms with Gasteiger partial charge in [0.25, 0.3) is 5.56 Å². The maximum absolute atomic E-state index is 15.9. The number of rotatable bonds is 2. The first-order valence-electron chi connectivity index (χ1n) is 12.3. The van der Waals surface area contributed by atoms with Crippen LogP contribution in [0.2, 0.25) is 0 Å². The van der Waals surface area contributed by atoms with Crippen molar-refractivity contribution in [3.8, 4) is 0 Å². The second kappa shape index (κ2) is 10.3. The second-order valence-electron chi connectivity index (χ2n) is 9.48. The summed E-state index contributed by atoms with van der Waals surface area (Å²) in [6.45, 7) is -0.312. The van der Waals surface area contributed by atoms with Crippen molar-refractivity contribution in [2.75, 3.05) is 24.2 Å². The lowest BCUT2D eigenvalue weighted by Gasteiger charge is -2.23. The quantitative estimate of drug-likeness (QED) is 0.263. The van der Waals surface area contributed by atoms with Crippen molar-refractivity contribution in [2.45, 2.75) is 43.3 Å². The van der Waals surface area contributed by atoms with Crippen molar-refractivity contribution < 1.29 is 36.4 Å². The van der Waals surface area contributed by atoms with Gasteiger partial charge in [-0.05, 0) is 6.16 Å². The Morgan fingerprint density at radius 3 is 2.63 bits per heavy atom. The molecule has 3 fully saturated rings. The normalized spacial score (nSPS) is 35.0. The summed E-state index contributed by atoms with van der Waals surface area (Å²) in [5, 5.41) is 0. The maximum atomic E-state index is 15.9. The Hall–Kier alpha value is -3.18. The molecule has 218 valence electrons. The van der Waals surface area contributed by atoms with E-state index in [9.17, 15) is 9.36 Å². The highest BCUT2D eigenvalue weighted by atomic mass is 31.1. The molecule has 17 nitrogen and oxygen atoms in total. The van der Waals surface area contributed by atoms with E-state index in [1.807, 2.05) is 0 Å². The lowest BCUT2D eigenvalue weighted by molar-refractivity contribution is -0.109. The Balaban J connectivity index is 1.14. The van der Waals surface area contributed by atoms with E-state index in [2.05, 4.69) is 29.9 Å². The molecular weight excluding hydrogens is 592 g/mol. The van der Waals surface area contributed by atoms with Crippen LogP contribution in [0.3, 0.4) is 0 Å². The Bertz CT molecular complexity index is 1710. The van der Waals surface area contributed by atoms with Crippen molar-refractivity contribution in [2.24, 2.45) is 5.92 Å². The van der Waals surface area contributed by atoms with Gasteiger partial charge in [0.1, 0.15) is 17.9 Å². The van der Waals surface area contributed by atoms with Crippen LogP contribution >= 0.6 is 17.1 Å². The molecule has 0 aromatic carbocycles. The molecule has 5 N–H and O–H groups in total. The first kappa shape index (κ1) is 26.7. The fourth-order valence-corrected chi connectivity index (χ4v) is 7.11. The molecule has 0 radical (unpaired) electrons. The van der Waals surface area contributed by atoms with Gasteiger partial charge in [-0.25, -0.2) is 28.7 Å². The maximum Gasteiger partial charge on any atom is 0.319 e. The van der Waals surface area contributed by atoms with E-state index >= 15 is 8.78 Å². The minimum Gasteiger partial charge on any atom is -0.382 e. The van der Waals surface area contributed by atoms with Crippen molar-refractivity contribution in [3.05, 3.63) is 29.3 Å². The number of hydrogen-bond donors (Lipinski definition) is 3. The summed E-state index contributed by atoms with van der Waals surface area (Å²) in [5.74, 6) is -0.850. The highest BCUT2D eigenvalue weighted by molar-refractivity contribution is 7.33. The zero-order valence-corrected chi connectivity index (χ0v) is 22.7. The highest BCUT2D eigenvalue weighted by Crippen LogP contribution is 2.46. The molecular formula is C20H22F2N10O7P2. The molecule has 4 aromatic heterocycles. The fraction of sp³-hybridized carbons (Fsp3) is 0.500. The second-order valence-corrected chi connectivity index (χ2v) is 11.4. The lowest BCUT2D eigenvalue weighted by Crippen LogP contribution is -2.32. The molecule has 3 aliphatic rings. The molecule has 7 rings (SSSR count). The molecule has 0 spiro atoms. The van der Waals surface area contributed by atoms with Crippen molar-refractivity contribution in [1.29, 1.82) is 0 Å². The topological polar surface area (TPSA) is 222 Å². The monoisotopic (exact) mass is 614 g/mol. The number of nitrogen functional groups attached to an aromatic ring is 2. The van der Waals surface area contributed by atoms with Crippen LogP contribution in [0.1, 0.15) is 12.5 Å². The van der Waals surface area contributed by atoms with Crippen LogP contribution in [0, 0.1) is 5.92 Å². The van der Waals surface area contributed by atoms with Crippen molar-refractivity contribution in [3.63, 3.8) is 0 Å². The molecule has 4 aromatic rings. The van der Waals surface area contributed by atoms with Crippen LogP contribution in [0.25, 0.3) is 22.3 Å². The van der Waals surface area contributed by atoms with E-state index in [1.54, 1.807) is 0 Å². The average molecular weight is 614 g/mol. The third kappa shape index (κ3) is 4.48. The number of aromatic amines is 1. The standard InChI is InChI=1S/C20H22F2N10O7P2/c21-8-6-2-40-38-19-9(22)12(18(37-19)32-5-28-11-15(32)29-20(24)30-16(11)33)39-41(34)35-1-7(6)36-17(8)31-4-27-10-13(23)25-3-26-14(10)31/h3-9,12,17-19,40-41H,1-2H2,(H2,23,25,26)(H3,24,29,30,33)/t6-,7-,8+,9-,12-,17-,18-,19?/m1/s1. The number of halogens is 2. The van der Waals surface area contributed by atoms with Crippen molar-refractivity contribution in [1.82, 2.24) is 39.0 Å². The molecule has 7 heterocycles. The summed E-state index contributed by atoms with van der Waals surface area (Å²) in [5.41, 5.74) is 11.4. The average Bonchev–Trinajstić information content (AvgIpc) is 3.69. The number of aromatic nitrogens is 8. The summed E-state index contributed by atoms with van der Waals surface area (Å²) in [7, 11) is -3.79. The van der Waals surface area contributed by atoms with E-state index < -0.39 is 71.8 Å². The molecule has 0 amide bonds. The van der Waals surface area contributed by atoms with E-state index in [4.69, 9.17) is 34.5 Å². The predicted molar refractivity (Wildman–Crippen MR) is 137 cm³/mol. The molecule has 41 heavy (non-hydrogen) atoms. The van der Waals surface area contributed by atoms with Crippen LogP contribution in [-0.4, -0.2) is 82.6 Å². The number of imidazole rings is 2. The van der Waals surface area contributed by atoms with E-state index in [0.717, 1.165) is 0 Å². The molecule has 0 aliphatic carbocycles. The van der Waals surface area contributed by atoms with Gasteiger partial charge in [-0.15, -0.1) is 0 Å². The number of hydrogen-bond acceptors (Lipinski definition) is 14. The van der Waals surface area contributed by atoms with Gasteiger partial charge in [-0.3, -0.25) is 28.0 Å². The molecule has 21 heteroatoms. The van der Waals surface area contributed by atoms with Crippen LogP contribution in [-0.2, 0) is 27.6 Å². The van der Waals surface area contributed by atoms with Gasteiger partial charge < -0.3 is 30.0 Å². The molecule has 3 unspecified atom stereocenters. The Morgan fingerprint density at radius 1 is 1.02 bits per heavy atom. The van der Waals surface area contributed by atoms with Gasteiger partial charge in [0, 0.05) is 14.7 Å². The minimum absolute atomic E-state index is 0.00153. The lowest BCUT2D eigenvalue weighted by atomic mass is 10.0. The number of ether oxygens (including phenoxy) is 2. The third-order valence-electron chi connectivity index (χ3n) is 7.10. The van der Waals surface area contributed by atoms with Crippen LogP contribution < -0.4 is 17.0 Å². The largest absolute Gasteiger partial charge is 0.382 e. The van der Waals surface area contributed by atoms with Gasteiger partial charge in [0.2, 0.25) is 5.95 Å². The molecule has 3 saturated heterocycles. The zero-order chi connectivity index (χ0) is 28.4. The van der Waals surface area contributed by atoms with E-state index in [0.29, 0.717) is 5.52 Å². The van der Waals surface area contributed by atoms with Gasteiger partial charge in [0.05, 0.1) is 25.4 Å². The molecule has 3 aliphatic heterocycles. The summed E-state index contributed by atoms with van der Waals surface area (Å²) < 4.78 is 75.3. The van der Waals surface area contributed by atoms with Crippen LogP contribution in [0.5, 0.6) is 0 Å². The molecule has 2 bridgehead atoms. The van der Waals surface area contributed by atoms with Gasteiger partial charge in [-0.2, -0.15) is 4.98 Å². The SMILES string of the molecule is Nc1nc2c(ncn2[C@@H]2OC3OPC[C@H]4[C@H](F)[C@H](n5cnc6c(N)ncnc65)O[C@@H]4CO[PH](=O)O[C@@H]2[C@H]3F)c(=O)[nH]1. The number of fused-ring (bicyclic) bond motifs is 5. The Morgan fingerprint density at radius 2 is 1.80 bits per heavy atom. The smallest absolute Gasteiger partial charge is 0.319 e. The first-order chi connectivity index (χ1) is 19.8. The zero-order valence-electron chi connectivity index (χ0n) is 20.7. The van der Waals surface area contributed by atoms with Gasteiger partial charge in [-0.1, -0.05) is 0 Å². The van der Waals surface area contributed by atoms with Crippen LogP contribution in [0.15, 0.2) is 23.8 Å². The number of nitrogens with two attached hydrogens (primary N) is 2. The van der Waals surface area contributed by atoms with Gasteiger partial charge >= 0.3 is 8.25 Å². The number of H-pyrrole nitrogens is 1. The van der Waals surface area contributed by atoms with Gasteiger partial charge in [0.15, 0.2) is 53.7 Å². The summed E-state index contributed by atoms with van der Waals surface area (Å²) >= 11 is 0. The molecule has 10 atom stereocenters.